The van der Waals surface area contributed by atoms with Crippen LogP contribution in [0.2, 0.25) is 5.02 Å². The molecule has 1 aromatic carbocycles. The zero-order valence-corrected chi connectivity index (χ0v) is 13.3. The molecule has 0 fully saturated rings. The molecule has 0 unspecified atom stereocenters. The van der Waals surface area contributed by atoms with Gasteiger partial charge in [-0.2, -0.15) is 0 Å². The van der Waals surface area contributed by atoms with Crippen LogP contribution in [-0.4, -0.2) is 15.8 Å². The van der Waals surface area contributed by atoms with Gasteiger partial charge < -0.3 is 11.1 Å². The first-order valence-corrected chi connectivity index (χ1v) is 7.00. The van der Waals surface area contributed by atoms with Crippen molar-refractivity contribution in [1.29, 1.82) is 0 Å². The lowest BCUT2D eigenvalue weighted by Gasteiger charge is -2.08. The third kappa shape index (κ3) is 3.58. The highest BCUT2D eigenvalue weighted by atomic mass is 127. The van der Waals surface area contributed by atoms with E-state index in [1.807, 2.05) is 22.6 Å². The van der Waals surface area contributed by atoms with Gasteiger partial charge >= 0.3 is 0 Å². The lowest BCUT2D eigenvalue weighted by atomic mass is 10.2. The van der Waals surface area contributed by atoms with Crippen LogP contribution in [0.15, 0.2) is 30.5 Å². The number of pyridine rings is 1. The van der Waals surface area contributed by atoms with Crippen molar-refractivity contribution in [3.63, 3.8) is 0 Å². The molecular weight excluding hydrogens is 411 g/mol. The van der Waals surface area contributed by atoms with E-state index < -0.39 is 16.5 Å². The van der Waals surface area contributed by atoms with E-state index in [2.05, 4.69) is 10.3 Å². The molecule has 0 bridgehead atoms. The van der Waals surface area contributed by atoms with Crippen molar-refractivity contribution in [2.24, 2.45) is 0 Å². The minimum absolute atomic E-state index is 0.0246. The first-order valence-electron chi connectivity index (χ1n) is 5.55. The Kier molecular flexibility index (Phi) is 4.58. The molecule has 2 rings (SSSR count). The van der Waals surface area contributed by atoms with Crippen molar-refractivity contribution in [2.75, 3.05) is 11.1 Å². The molecule has 0 saturated heterocycles. The van der Waals surface area contributed by atoms with Crippen LogP contribution in [0.4, 0.5) is 17.2 Å². The predicted octanol–water partition coefficient (Wildman–Crippen LogP) is 3.08. The standard InChI is InChI=1S/C12H8ClIN4O3/c13-6-1-2-9(8(14)3-6)17-12(19)7-4-11(15)16-5-10(7)18(20)21/h1-5H,(H2,15,16)(H,17,19). The minimum atomic E-state index is -0.686. The van der Waals surface area contributed by atoms with E-state index in [1.54, 1.807) is 18.2 Å². The summed E-state index contributed by atoms with van der Waals surface area (Å²) in [5, 5.41) is 14.0. The molecule has 0 spiro atoms. The Hall–Kier alpha value is -1.94. The molecule has 1 aromatic heterocycles. The van der Waals surface area contributed by atoms with Gasteiger partial charge in [-0.15, -0.1) is 0 Å². The number of carbonyl (C=O) groups excluding carboxylic acids is 1. The SMILES string of the molecule is Nc1cc(C(=O)Nc2ccc(Cl)cc2I)c([N+](=O)[O-])cn1. The Morgan fingerprint density at radius 1 is 1.43 bits per heavy atom. The van der Waals surface area contributed by atoms with Crippen molar-refractivity contribution in [1.82, 2.24) is 4.98 Å². The van der Waals surface area contributed by atoms with E-state index in [1.165, 1.54) is 0 Å². The van der Waals surface area contributed by atoms with Gasteiger partial charge in [0, 0.05) is 8.59 Å². The number of rotatable bonds is 3. The first-order chi connectivity index (χ1) is 9.88. The topological polar surface area (TPSA) is 111 Å². The zero-order chi connectivity index (χ0) is 15.6. The van der Waals surface area contributed by atoms with Crippen LogP contribution < -0.4 is 11.1 Å². The first kappa shape index (κ1) is 15.4. The highest BCUT2D eigenvalue weighted by Crippen LogP contribution is 2.25. The van der Waals surface area contributed by atoms with Gasteiger partial charge in [-0.05, 0) is 46.9 Å². The summed E-state index contributed by atoms with van der Waals surface area (Å²) in [5.41, 5.74) is 5.41. The number of hydrogen-bond donors (Lipinski definition) is 2. The summed E-state index contributed by atoms with van der Waals surface area (Å²) < 4.78 is 0.707. The van der Waals surface area contributed by atoms with Gasteiger partial charge in [-0.25, -0.2) is 4.98 Å². The van der Waals surface area contributed by atoms with Gasteiger partial charge in [-0.3, -0.25) is 14.9 Å². The number of nitrogen functional groups attached to an aromatic ring is 1. The molecule has 108 valence electrons. The smallest absolute Gasteiger partial charge is 0.300 e. The highest BCUT2D eigenvalue weighted by Gasteiger charge is 2.21. The third-order valence-electron chi connectivity index (χ3n) is 2.52. The van der Waals surface area contributed by atoms with E-state index in [-0.39, 0.29) is 11.4 Å². The fourth-order valence-corrected chi connectivity index (χ4v) is 2.58. The van der Waals surface area contributed by atoms with Crippen molar-refractivity contribution < 1.29 is 9.72 Å². The number of hydrogen-bond acceptors (Lipinski definition) is 5. The molecule has 0 atom stereocenters. The van der Waals surface area contributed by atoms with Crippen molar-refractivity contribution in [3.05, 3.63) is 54.7 Å². The number of nitrogens with two attached hydrogens (primary N) is 1. The Balaban J connectivity index is 2.36. The van der Waals surface area contributed by atoms with Crippen molar-refractivity contribution in [2.45, 2.75) is 0 Å². The van der Waals surface area contributed by atoms with E-state index >= 15 is 0 Å². The maximum Gasteiger partial charge on any atom is 0.300 e. The number of amides is 1. The summed E-state index contributed by atoms with van der Waals surface area (Å²) in [6.07, 6.45) is 0.955. The summed E-state index contributed by atoms with van der Waals surface area (Å²) in [6.45, 7) is 0. The number of carbonyl (C=O) groups is 1. The summed E-state index contributed by atoms with van der Waals surface area (Å²) in [6, 6.07) is 6.04. The number of aromatic nitrogens is 1. The average Bonchev–Trinajstić information content (AvgIpc) is 2.41. The highest BCUT2D eigenvalue weighted by molar-refractivity contribution is 14.1. The van der Waals surface area contributed by atoms with Crippen LogP contribution in [0.25, 0.3) is 0 Å². The molecule has 7 nitrogen and oxygen atoms in total. The number of benzene rings is 1. The van der Waals surface area contributed by atoms with E-state index in [4.69, 9.17) is 17.3 Å². The summed E-state index contributed by atoms with van der Waals surface area (Å²) in [7, 11) is 0. The van der Waals surface area contributed by atoms with Crippen LogP contribution >= 0.6 is 34.2 Å². The average molecular weight is 419 g/mol. The van der Waals surface area contributed by atoms with Crippen molar-refractivity contribution in [3.8, 4) is 0 Å². The number of nitrogens with one attached hydrogen (secondary N) is 1. The molecule has 2 aromatic rings. The third-order valence-corrected chi connectivity index (χ3v) is 3.65. The molecule has 1 amide bonds. The number of nitro groups is 1. The Labute approximate surface area is 137 Å². The quantitative estimate of drug-likeness (QED) is 0.452. The Morgan fingerprint density at radius 3 is 2.76 bits per heavy atom. The van der Waals surface area contributed by atoms with Crippen LogP contribution in [0, 0.1) is 13.7 Å². The normalized spacial score (nSPS) is 10.2. The molecule has 21 heavy (non-hydrogen) atoms. The second-order valence-electron chi connectivity index (χ2n) is 3.96. The summed E-state index contributed by atoms with van der Waals surface area (Å²) in [5.74, 6) is -0.618. The van der Waals surface area contributed by atoms with E-state index in [9.17, 15) is 14.9 Å². The Morgan fingerprint density at radius 2 is 2.14 bits per heavy atom. The molecule has 1 heterocycles. The predicted molar refractivity (Wildman–Crippen MR) is 87.4 cm³/mol. The van der Waals surface area contributed by atoms with Gasteiger partial charge in [-0.1, -0.05) is 11.6 Å². The van der Waals surface area contributed by atoms with Gasteiger partial charge in [0.25, 0.3) is 11.6 Å². The van der Waals surface area contributed by atoms with Gasteiger partial charge in [0.05, 0.1) is 10.6 Å². The second kappa shape index (κ2) is 6.22. The van der Waals surface area contributed by atoms with E-state index in [0.29, 0.717) is 14.3 Å². The van der Waals surface area contributed by atoms with Gasteiger partial charge in [0.2, 0.25) is 0 Å². The maximum absolute atomic E-state index is 12.2. The monoisotopic (exact) mass is 418 g/mol. The number of nitrogens with zero attached hydrogens (tertiary/aromatic N) is 2. The van der Waals surface area contributed by atoms with E-state index in [0.717, 1.165) is 12.3 Å². The van der Waals surface area contributed by atoms with Crippen LogP contribution in [0.3, 0.4) is 0 Å². The summed E-state index contributed by atoms with van der Waals surface area (Å²) >= 11 is 7.82. The number of halogens is 2. The van der Waals surface area contributed by atoms with Crippen LogP contribution in [0.1, 0.15) is 10.4 Å². The molecule has 0 aliphatic heterocycles. The fourth-order valence-electron chi connectivity index (χ4n) is 1.57. The lowest BCUT2D eigenvalue weighted by molar-refractivity contribution is -0.385. The van der Waals surface area contributed by atoms with Crippen molar-refractivity contribution >= 4 is 57.3 Å². The number of anilines is 2. The van der Waals surface area contributed by atoms with Crippen LogP contribution in [-0.2, 0) is 0 Å². The second-order valence-corrected chi connectivity index (χ2v) is 5.56. The van der Waals surface area contributed by atoms with Crippen LogP contribution in [0.5, 0.6) is 0 Å². The molecule has 0 aliphatic rings. The lowest BCUT2D eigenvalue weighted by Crippen LogP contribution is -2.15. The zero-order valence-electron chi connectivity index (χ0n) is 10.3. The Bertz CT molecular complexity index is 738. The van der Waals surface area contributed by atoms with Gasteiger partial charge in [0.15, 0.2) is 0 Å². The molecule has 0 saturated carbocycles. The molecule has 9 heteroatoms. The maximum atomic E-state index is 12.2. The molecular formula is C12H8ClIN4O3. The minimum Gasteiger partial charge on any atom is -0.384 e. The fraction of sp³-hybridized carbons (Fsp3) is 0. The molecule has 3 N–H and O–H groups in total. The summed E-state index contributed by atoms with van der Waals surface area (Å²) in [4.78, 5) is 26.1. The molecule has 0 aliphatic carbocycles. The van der Waals surface area contributed by atoms with Gasteiger partial charge in [0.1, 0.15) is 17.6 Å². The molecule has 0 radical (unpaired) electrons. The largest absolute Gasteiger partial charge is 0.384 e.